The summed E-state index contributed by atoms with van der Waals surface area (Å²) in [5.41, 5.74) is 6.63. The number of hydrogen-bond acceptors (Lipinski definition) is 3. The summed E-state index contributed by atoms with van der Waals surface area (Å²) in [7, 11) is 0. The van der Waals surface area contributed by atoms with E-state index in [9.17, 15) is 14.0 Å². The van der Waals surface area contributed by atoms with Crippen molar-refractivity contribution in [1.82, 2.24) is 19.5 Å². The van der Waals surface area contributed by atoms with E-state index in [4.69, 9.17) is 0 Å². The Kier molecular flexibility index (Phi) is 4.46. The van der Waals surface area contributed by atoms with Gasteiger partial charge in [-0.3, -0.25) is 4.57 Å². The van der Waals surface area contributed by atoms with Crippen LogP contribution in [0.1, 0.15) is 5.56 Å². The van der Waals surface area contributed by atoms with E-state index in [1.807, 2.05) is 41.1 Å². The zero-order chi connectivity index (χ0) is 23.2. The van der Waals surface area contributed by atoms with Gasteiger partial charge < -0.3 is 4.98 Å². The van der Waals surface area contributed by atoms with Gasteiger partial charge in [-0.05, 0) is 65.7 Å². The summed E-state index contributed by atoms with van der Waals surface area (Å²) in [6.45, 7) is 0. The summed E-state index contributed by atoms with van der Waals surface area (Å²) >= 11 is 0. The molecule has 3 heterocycles. The first kappa shape index (κ1) is 19.8. The van der Waals surface area contributed by atoms with Gasteiger partial charge in [0.1, 0.15) is 29.7 Å². The Morgan fingerprint density at radius 1 is 0.853 bits per heavy atom. The Morgan fingerprint density at radius 3 is 2.50 bits per heavy atom. The van der Waals surface area contributed by atoms with Crippen molar-refractivity contribution in [3.05, 3.63) is 103 Å². The monoisotopic (exact) mass is 447 g/mol. The molecule has 0 saturated carbocycles. The molecule has 0 atom stereocenters. The number of benzene rings is 3. The number of pyridine rings is 1. The van der Waals surface area contributed by atoms with Gasteiger partial charge in [0.15, 0.2) is 0 Å². The lowest BCUT2D eigenvalue weighted by atomic mass is 10.0. The third kappa shape index (κ3) is 3.21. The molecule has 0 aliphatic heterocycles. The molecule has 0 spiro atoms. The van der Waals surface area contributed by atoms with Crippen LogP contribution >= 0.6 is 0 Å². The van der Waals surface area contributed by atoms with Crippen molar-refractivity contribution in [2.75, 3.05) is 0 Å². The fourth-order valence-corrected chi connectivity index (χ4v) is 4.17. The topological polar surface area (TPSA) is 70.3 Å². The molecule has 3 aromatic carbocycles. The quantitative estimate of drug-likeness (QED) is 0.342. The van der Waals surface area contributed by atoms with Crippen LogP contribution in [0, 0.1) is 23.0 Å². The second-order valence-electron chi connectivity index (χ2n) is 7.92. The number of fused-ring (bicyclic) bond motifs is 2. The molecule has 162 valence electrons. The predicted molar refractivity (Wildman–Crippen MR) is 126 cm³/mol. The normalized spacial score (nSPS) is 11.2. The number of imidazole rings is 1. The van der Waals surface area contributed by atoms with Crippen molar-refractivity contribution in [1.29, 1.82) is 5.26 Å². The van der Waals surface area contributed by atoms with E-state index in [1.165, 1.54) is 24.3 Å². The number of aromatic amines is 1. The fourth-order valence-electron chi connectivity index (χ4n) is 4.17. The highest BCUT2D eigenvalue weighted by Gasteiger charge is 2.13. The van der Waals surface area contributed by atoms with E-state index in [2.05, 4.69) is 15.0 Å². The molecule has 0 bridgehead atoms. The molecule has 5 nitrogen and oxygen atoms in total. The second-order valence-corrected chi connectivity index (χ2v) is 7.92. The Balaban J connectivity index is 1.48. The van der Waals surface area contributed by atoms with Crippen LogP contribution in [0.5, 0.6) is 0 Å². The fraction of sp³-hybridized carbons (Fsp3) is 0. The summed E-state index contributed by atoms with van der Waals surface area (Å²) < 4.78 is 29.1. The van der Waals surface area contributed by atoms with E-state index in [-0.39, 0.29) is 11.4 Å². The van der Waals surface area contributed by atoms with Crippen molar-refractivity contribution >= 4 is 22.1 Å². The first-order chi connectivity index (χ1) is 16.6. The molecule has 0 radical (unpaired) electrons. The van der Waals surface area contributed by atoms with Crippen LogP contribution in [-0.4, -0.2) is 19.5 Å². The number of rotatable bonds is 3. The third-order valence-corrected chi connectivity index (χ3v) is 5.91. The van der Waals surface area contributed by atoms with Crippen molar-refractivity contribution in [3.8, 4) is 34.0 Å². The average molecular weight is 447 g/mol. The Bertz CT molecular complexity index is 1740. The summed E-state index contributed by atoms with van der Waals surface area (Å²) in [5, 5.41) is 10.1. The van der Waals surface area contributed by atoms with Gasteiger partial charge in [0, 0.05) is 34.6 Å². The highest BCUT2D eigenvalue weighted by atomic mass is 19.1. The van der Waals surface area contributed by atoms with Crippen LogP contribution in [-0.2, 0) is 0 Å². The van der Waals surface area contributed by atoms with Crippen molar-refractivity contribution in [2.45, 2.75) is 0 Å². The minimum absolute atomic E-state index is 0.00797. The minimum Gasteiger partial charge on any atom is -0.346 e. The minimum atomic E-state index is -0.548. The van der Waals surface area contributed by atoms with Crippen LogP contribution in [0.3, 0.4) is 0 Å². The van der Waals surface area contributed by atoms with Crippen LogP contribution in [0.2, 0.25) is 0 Å². The van der Waals surface area contributed by atoms with Gasteiger partial charge in [0.25, 0.3) is 0 Å². The van der Waals surface area contributed by atoms with Crippen LogP contribution in [0.25, 0.3) is 50.0 Å². The van der Waals surface area contributed by atoms with Gasteiger partial charge in [-0.1, -0.05) is 12.1 Å². The molecular weight excluding hydrogens is 432 g/mol. The maximum absolute atomic E-state index is 13.8. The van der Waals surface area contributed by atoms with E-state index >= 15 is 0 Å². The Hall–Kier alpha value is -4.83. The summed E-state index contributed by atoms with van der Waals surface area (Å²) in [5.74, 6) is -0.840. The van der Waals surface area contributed by atoms with E-state index < -0.39 is 5.82 Å². The Morgan fingerprint density at radius 2 is 1.68 bits per heavy atom. The van der Waals surface area contributed by atoms with Gasteiger partial charge >= 0.3 is 0 Å². The highest BCUT2D eigenvalue weighted by Crippen LogP contribution is 2.33. The molecule has 0 amide bonds. The first-order valence-electron chi connectivity index (χ1n) is 10.5. The number of aromatic nitrogens is 4. The lowest BCUT2D eigenvalue weighted by Crippen LogP contribution is -1.92. The number of hydrogen-bond donors (Lipinski definition) is 1. The molecule has 6 aromatic rings. The van der Waals surface area contributed by atoms with Crippen molar-refractivity contribution in [2.24, 2.45) is 0 Å². The molecule has 1 N–H and O–H groups in total. The highest BCUT2D eigenvalue weighted by molar-refractivity contribution is 5.97. The van der Waals surface area contributed by atoms with E-state index in [0.717, 1.165) is 38.8 Å². The smallest absolute Gasteiger partial charge is 0.140 e. The van der Waals surface area contributed by atoms with Gasteiger partial charge in [0.05, 0.1) is 16.6 Å². The van der Waals surface area contributed by atoms with Gasteiger partial charge in [-0.2, -0.15) is 5.26 Å². The zero-order valence-electron chi connectivity index (χ0n) is 17.6. The van der Waals surface area contributed by atoms with Gasteiger partial charge in [-0.15, -0.1) is 0 Å². The predicted octanol–water partition coefficient (Wildman–Crippen LogP) is 6.39. The standard InChI is InChI=1S/C27H15F2N5/c28-20-3-5-21(6-4-20)34-15-33-25-8-2-17(11-26(25)34)23-14-32-27-22(23)10-19(13-31-27)16-1-7-24(29)18(9-16)12-30/h1-11,13-15H,(H,31,32). The zero-order valence-corrected chi connectivity index (χ0v) is 17.6. The number of nitrogens with zero attached hydrogens (tertiary/aromatic N) is 4. The molecular formula is C27H15F2N5. The molecule has 6 rings (SSSR count). The first-order valence-corrected chi connectivity index (χ1v) is 10.5. The largest absolute Gasteiger partial charge is 0.346 e. The van der Waals surface area contributed by atoms with Gasteiger partial charge in [-0.25, -0.2) is 18.7 Å². The van der Waals surface area contributed by atoms with Crippen molar-refractivity contribution < 1.29 is 8.78 Å². The lowest BCUT2D eigenvalue weighted by molar-refractivity contribution is 0.624. The van der Waals surface area contributed by atoms with E-state index in [1.54, 1.807) is 30.7 Å². The molecule has 34 heavy (non-hydrogen) atoms. The second kappa shape index (κ2) is 7.64. The molecule has 0 saturated heterocycles. The van der Waals surface area contributed by atoms with Crippen LogP contribution in [0.4, 0.5) is 8.78 Å². The maximum atomic E-state index is 13.8. The number of nitrogens with one attached hydrogen (secondary N) is 1. The Labute approximate surface area is 192 Å². The molecule has 3 aromatic heterocycles. The van der Waals surface area contributed by atoms with E-state index in [0.29, 0.717) is 11.2 Å². The van der Waals surface area contributed by atoms with Gasteiger partial charge in [0.2, 0.25) is 0 Å². The maximum Gasteiger partial charge on any atom is 0.140 e. The van der Waals surface area contributed by atoms with Crippen LogP contribution < -0.4 is 0 Å². The molecule has 0 aliphatic rings. The number of nitriles is 1. The summed E-state index contributed by atoms with van der Waals surface area (Å²) in [6.07, 6.45) is 5.31. The SMILES string of the molecule is N#Cc1cc(-c2cnc3[nH]cc(-c4ccc5ncn(-c6ccc(F)cc6)c5c4)c3c2)ccc1F. The number of H-pyrrole nitrogens is 1. The summed E-state index contributed by atoms with van der Waals surface area (Å²) in [6, 6.07) is 20.5. The number of halogens is 2. The van der Waals surface area contributed by atoms with Crippen LogP contribution in [0.15, 0.2) is 85.5 Å². The molecule has 7 heteroatoms. The van der Waals surface area contributed by atoms with Crippen molar-refractivity contribution in [3.63, 3.8) is 0 Å². The summed E-state index contributed by atoms with van der Waals surface area (Å²) in [4.78, 5) is 12.2. The average Bonchev–Trinajstić information content (AvgIpc) is 3.48. The molecule has 0 fully saturated rings. The molecule has 0 aliphatic carbocycles. The lowest BCUT2D eigenvalue weighted by Gasteiger charge is -2.07. The third-order valence-electron chi connectivity index (χ3n) is 5.91. The molecule has 0 unspecified atom stereocenters.